The molecular weight excluding hydrogens is 440 g/mol. The second kappa shape index (κ2) is 10.2. The largest absolute Gasteiger partial charge is 0.462 e. The SMILES string of the molecule is CC(=O)OC1CC2=CC[C@H]3[C@@H]4CC[C@H](C(C)OCCC(C)C)[C@@]4(C)CC[C@@H]3[C@@]2(C)C(OC(C)=O)C1. The Hall–Kier alpha value is -1.36. The van der Waals surface area contributed by atoms with E-state index in [0.29, 0.717) is 47.5 Å². The number of ether oxygens (including phenoxy) is 3. The summed E-state index contributed by atoms with van der Waals surface area (Å²) in [6.45, 7) is 15.5. The van der Waals surface area contributed by atoms with Gasteiger partial charge in [-0.15, -0.1) is 0 Å². The molecule has 9 atom stereocenters. The van der Waals surface area contributed by atoms with Gasteiger partial charge in [0.15, 0.2) is 0 Å². The molecule has 0 aromatic carbocycles. The summed E-state index contributed by atoms with van der Waals surface area (Å²) in [6.07, 6.45) is 10.8. The number of allylic oxidation sites excluding steroid dienone is 1. The lowest BCUT2D eigenvalue weighted by atomic mass is 9.46. The number of carbonyl (C=O) groups excluding carboxylic acids is 2. The Kier molecular flexibility index (Phi) is 7.77. The van der Waals surface area contributed by atoms with Crippen molar-refractivity contribution in [2.45, 2.75) is 118 Å². The van der Waals surface area contributed by atoms with E-state index in [9.17, 15) is 9.59 Å². The summed E-state index contributed by atoms with van der Waals surface area (Å²) in [5, 5.41) is 0. The third-order valence-corrected chi connectivity index (χ3v) is 10.5. The van der Waals surface area contributed by atoms with Crippen LogP contribution in [0.3, 0.4) is 0 Å². The first kappa shape index (κ1) is 26.7. The summed E-state index contributed by atoms with van der Waals surface area (Å²) in [5.74, 6) is 2.58. The zero-order valence-electron chi connectivity index (χ0n) is 23.1. The lowest BCUT2D eigenvalue weighted by molar-refractivity contribution is -0.172. The van der Waals surface area contributed by atoms with Gasteiger partial charge in [0, 0.05) is 38.7 Å². The molecule has 3 unspecified atom stereocenters. The van der Waals surface area contributed by atoms with E-state index in [2.05, 4.69) is 40.7 Å². The molecule has 0 radical (unpaired) electrons. The predicted molar refractivity (Wildman–Crippen MR) is 137 cm³/mol. The molecule has 198 valence electrons. The Morgan fingerprint density at radius 2 is 1.74 bits per heavy atom. The van der Waals surface area contributed by atoms with Crippen molar-refractivity contribution < 1.29 is 23.8 Å². The van der Waals surface area contributed by atoms with Gasteiger partial charge in [0.25, 0.3) is 0 Å². The van der Waals surface area contributed by atoms with Crippen molar-refractivity contribution in [1.82, 2.24) is 0 Å². The van der Waals surface area contributed by atoms with Crippen LogP contribution in [0.25, 0.3) is 0 Å². The van der Waals surface area contributed by atoms with Crippen LogP contribution in [0.1, 0.15) is 99.8 Å². The minimum absolute atomic E-state index is 0.177. The van der Waals surface area contributed by atoms with E-state index in [1.54, 1.807) is 0 Å². The van der Waals surface area contributed by atoms with Crippen molar-refractivity contribution in [1.29, 1.82) is 0 Å². The Bertz CT molecular complexity index is 833. The van der Waals surface area contributed by atoms with Gasteiger partial charge in [-0.2, -0.15) is 0 Å². The molecular formula is C30H48O5. The van der Waals surface area contributed by atoms with Gasteiger partial charge < -0.3 is 14.2 Å². The molecule has 0 heterocycles. The maximum Gasteiger partial charge on any atom is 0.302 e. The lowest BCUT2D eigenvalue weighted by Gasteiger charge is -2.60. The highest BCUT2D eigenvalue weighted by Crippen LogP contribution is 2.67. The van der Waals surface area contributed by atoms with E-state index < -0.39 is 0 Å². The first-order valence-corrected chi connectivity index (χ1v) is 14.1. The Balaban J connectivity index is 1.56. The third kappa shape index (κ3) is 4.95. The summed E-state index contributed by atoms with van der Waals surface area (Å²) < 4.78 is 18.0. The van der Waals surface area contributed by atoms with Crippen LogP contribution in [0, 0.1) is 40.4 Å². The predicted octanol–water partition coefficient (Wildman–Crippen LogP) is 6.49. The van der Waals surface area contributed by atoms with E-state index in [-0.39, 0.29) is 29.6 Å². The van der Waals surface area contributed by atoms with Gasteiger partial charge >= 0.3 is 11.9 Å². The van der Waals surface area contributed by atoms with Crippen molar-refractivity contribution in [3.05, 3.63) is 11.6 Å². The summed E-state index contributed by atoms with van der Waals surface area (Å²) >= 11 is 0. The van der Waals surface area contributed by atoms with E-state index in [0.717, 1.165) is 32.3 Å². The van der Waals surface area contributed by atoms with Gasteiger partial charge in [0.1, 0.15) is 12.2 Å². The van der Waals surface area contributed by atoms with Crippen LogP contribution < -0.4 is 0 Å². The van der Waals surface area contributed by atoms with Crippen LogP contribution in [0.5, 0.6) is 0 Å². The Morgan fingerprint density at radius 1 is 1.03 bits per heavy atom. The summed E-state index contributed by atoms with van der Waals surface area (Å²) in [4.78, 5) is 23.8. The molecule has 3 saturated carbocycles. The summed E-state index contributed by atoms with van der Waals surface area (Å²) in [5.41, 5.74) is 1.47. The van der Waals surface area contributed by atoms with Crippen LogP contribution in [-0.4, -0.2) is 36.9 Å². The monoisotopic (exact) mass is 488 g/mol. The number of hydrogen-bond donors (Lipinski definition) is 0. The first-order valence-electron chi connectivity index (χ1n) is 14.1. The van der Waals surface area contributed by atoms with Crippen molar-refractivity contribution in [2.24, 2.45) is 40.4 Å². The van der Waals surface area contributed by atoms with Crippen LogP contribution in [0.15, 0.2) is 11.6 Å². The fraction of sp³-hybridized carbons (Fsp3) is 0.867. The second-order valence-corrected chi connectivity index (χ2v) is 12.9. The van der Waals surface area contributed by atoms with Crippen molar-refractivity contribution in [2.75, 3.05) is 6.61 Å². The molecule has 4 aliphatic rings. The summed E-state index contributed by atoms with van der Waals surface area (Å²) in [6, 6.07) is 0. The van der Waals surface area contributed by atoms with E-state index in [4.69, 9.17) is 14.2 Å². The van der Waals surface area contributed by atoms with Crippen molar-refractivity contribution in [3.8, 4) is 0 Å². The zero-order chi connectivity index (χ0) is 25.5. The molecule has 0 amide bonds. The number of carbonyl (C=O) groups is 2. The van der Waals surface area contributed by atoms with Gasteiger partial charge in [0.05, 0.1) is 6.10 Å². The molecule has 0 spiro atoms. The van der Waals surface area contributed by atoms with Crippen LogP contribution in [0.2, 0.25) is 0 Å². The fourth-order valence-corrected chi connectivity index (χ4v) is 8.77. The second-order valence-electron chi connectivity index (χ2n) is 12.9. The minimum Gasteiger partial charge on any atom is -0.462 e. The normalized spacial score (nSPS) is 41.3. The van der Waals surface area contributed by atoms with Crippen LogP contribution in [0.4, 0.5) is 0 Å². The number of esters is 2. The molecule has 0 bridgehead atoms. The molecule has 3 fully saturated rings. The molecule has 5 heteroatoms. The highest BCUT2D eigenvalue weighted by molar-refractivity contribution is 5.67. The fourth-order valence-electron chi connectivity index (χ4n) is 8.77. The molecule has 0 aromatic heterocycles. The smallest absolute Gasteiger partial charge is 0.302 e. The average Bonchev–Trinajstić information content (AvgIpc) is 3.11. The zero-order valence-corrected chi connectivity index (χ0v) is 23.1. The maximum absolute atomic E-state index is 12.1. The van der Waals surface area contributed by atoms with Crippen LogP contribution >= 0.6 is 0 Å². The highest BCUT2D eigenvalue weighted by Gasteiger charge is 2.62. The molecule has 0 aromatic rings. The molecule has 0 N–H and O–H groups in total. The number of hydrogen-bond acceptors (Lipinski definition) is 5. The highest BCUT2D eigenvalue weighted by atomic mass is 16.6. The number of fused-ring (bicyclic) bond motifs is 5. The Morgan fingerprint density at radius 3 is 2.40 bits per heavy atom. The van der Waals surface area contributed by atoms with Gasteiger partial charge in [-0.3, -0.25) is 9.59 Å². The molecule has 0 aliphatic heterocycles. The van der Waals surface area contributed by atoms with Crippen molar-refractivity contribution >= 4 is 11.9 Å². The average molecular weight is 489 g/mol. The van der Waals surface area contributed by atoms with Crippen molar-refractivity contribution in [3.63, 3.8) is 0 Å². The lowest BCUT2D eigenvalue weighted by Crippen LogP contribution is -2.57. The topological polar surface area (TPSA) is 61.8 Å². The Labute approximate surface area is 212 Å². The van der Waals surface area contributed by atoms with E-state index in [1.807, 2.05) is 0 Å². The van der Waals surface area contributed by atoms with Crippen LogP contribution in [-0.2, 0) is 23.8 Å². The molecule has 4 rings (SSSR count). The standard InChI is InChI=1S/C30H48O5/c1-18(2)13-15-33-19(3)25-10-11-26-24-9-8-22-16-23(34-20(4)31)17-28(35-21(5)32)30(22,7)27(24)12-14-29(25,26)6/h8,18-19,23-28H,9-17H2,1-7H3/t19?,23?,24-,25+,26-,27-,28?,29+,30-/m0/s1. The number of rotatable bonds is 7. The third-order valence-electron chi connectivity index (χ3n) is 10.5. The molecule has 35 heavy (non-hydrogen) atoms. The quantitative estimate of drug-likeness (QED) is 0.303. The molecule has 0 saturated heterocycles. The van der Waals surface area contributed by atoms with Gasteiger partial charge in [0.2, 0.25) is 0 Å². The van der Waals surface area contributed by atoms with Gasteiger partial charge in [-0.1, -0.05) is 39.3 Å². The molecule has 5 nitrogen and oxygen atoms in total. The van der Waals surface area contributed by atoms with Gasteiger partial charge in [-0.05, 0) is 80.5 Å². The van der Waals surface area contributed by atoms with E-state index in [1.165, 1.54) is 38.7 Å². The minimum atomic E-state index is -0.260. The first-order chi connectivity index (χ1) is 16.5. The summed E-state index contributed by atoms with van der Waals surface area (Å²) in [7, 11) is 0. The maximum atomic E-state index is 12.1. The molecule has 4 aliphatic carbocycles. The van der Waals surface area contributed by atoms with Gasteiger partial charge in [-0.25, -0.2) is 0 Å². The van der Waals surface area contributed by atoms with E-state index >= 15 is 0 Å².